The minimum absolute atomic E-state index is 0.0134. The highest BCUT2D eigenvalue weighted by molar-refractivity contribution is 7.90. The largest absolute Gasteiger partial charge is 0.496 e. The third kappa shape index (κ3) is 4.93. The van der Waals surface area contributed by atoms with E-state index in [1.54, 1.807) is 19.2 Å². The summed E-state index contributed by atoms with van der Waals surface area (Å²) in [6, 6.07) is 25.0. The number of para-hydroxylation sites is 1. The Labute approximate surface area is 185 Å². The molecule has 0 aromatic heterocycles. The van der Waals surface area contributed by atoms with Gasteiger partial charge >= 0.3 is 0 Å². The number of benzene rings is 3. The Bertz CT molecular complexity index is 1100. The number of ether oxygens (including phenoxy) is 1. The second-order valence-electron chi connectivity index (χ2n) is 7.85. The Balaban J connectivity index is 1.74. The predicted molar refractivity (Wildman–Crippen MR) is 125 cm³/mol. The molecule has 1 fully saturated rings. The van der Waals surface area contributed by atoms with Gasteiger partial charge in [-0.05, 0) is 61.6 Å². The molecule has 1 radical (unpaired) electrons. The average molecular weight is 435 g/mol. The summed E-state index contributed by atoms with van der Waals surface area (Å²) in [4.78, 5) is 2.71. The van der Waals surface area contributed by atoms with E-state index in [0.717, 1.165) is 48.4 Å². The molecule has 4 nitrogen and oxygen atoms in total. The molecule has 3 aromatic rings. The summed E-state index contributed by atoms with van der Waals surface area (Å²) >= 11 is 0. The Kier molecular flexibility index (Phi) is 6.62. The summed E-state index contributed by atoms with van der Waals surface area (Å²) in [5, 5.41) is 0. The Hall–Kier alpha value is -2.79. The van der Waals surface area contributed by atoms with Crippen LogP contribution < -0.4 is 9.64 Å². The zero-order chi connectivity index (χ0) is 21.7. The zero-order valence-corrected chi connectivity index (χ0v) is 18.6. The first-order valence-electron chi connectivity index (χ1n) is 10.7. The van der Waals surface area contributed by atoms with Crippen molar-refractivity contribution in [3.63, 3.8) is 0 Å². The summed E-state index contributed by atoms with van der Waals surface area (Å²) in [6.45, 7) is 0.888. The lowest BCUT2D eigenvalue weighted by Gasteiger charge is -2.33. The monoisotopic (exact) mass is 434 g/mol. The standard InChI is InChI=1S/C26H28NO3S/c1-30-26-17-16-23(31(28,29)20-21-11-5-2-6-12-21)19-24(26)25-15-9-4-10-18-27(25)22-13-7-3-8-14-22/h2-8,11-14,16-17,19,25H,9-10,15,18,20H2,1H3. The van der Waals surface area contributed by atoms with Gasteiger partial charge in [0.15, 0.2) is 9.84 Å². The Morgan fingerprint density at radius 2 is 1.65 bits per heavy atom. The lowest BCUT2D eigenvalue weighted by molar-refractivity contribution is 0.402. The van der Waals surface area contributed by atoms with Gasteiger partial charge in [-0.15, -0.1) is 0 Å². The van der Waals surface area contributed by atoms with Crippen LogP contribution in [-0.2, 0) is 15.6 Å². The highest BCUT2D eigenvalue weighted by Gasteiger charge is 2.27. The first-order valence-corrected chi connectivity index (χ1v) is 12.3. The van der Waals surface area contributed by atoms with Crippen LogP contribution in [0.3, 0.4) is 0 Å². The quantitative estimate of drug-likeness (QED) is 0.506. The zero-order valence-electron chi connectivity index (χ0n) is 17.8. The number of rotatable bonds is 6. The van der Waals surface area contributed by atoms with Crippen LogP contribution >= 0.6 is 0 Å². The van der Waals surface area contributed by atoms with Gasteiger partial charge in [0.1, 0.15) is 5.75 Å². The molecule has 0 bridgehead atoms. The molecule has 1 aliphatic heterocycles. The van der Waals surface area contributed by atoms with Gasteiger partial charge in [0.2, 0.25) is 0 Å². The summed E-state index contributed by atoms with van der Waals surface area (Å²) in [5.74, 6) is 0.715. The fourth-order valence-corrected chi connectivity index (χ4v) is 5.64. The molecule has 1 atom stereocenters. The van der Waals surface area contributed by atoms with E-state index in [4.69, 9.17) is 4.74 Å². The Morgan fingerprint density at radius 1 is 0.935 bits per heavy atom. The maximum atomic E-state index is 13.2. The van der Waals surface area contributed by atoms with Crippen LogP contribution in [0.25, 0.3) is 0 Å². The van der Waals surface area contributed by atoms with E-state index in [-0.39, 0.29) is 11.8 Å². The summed E-state index contributed by atoms with van der Waals surface area (Å²) < 4.78 is 32.1. The van der Waals surface area contributed by atoms with E-state index < -0.39 is 9.84 Å². The van der Waals surface area contributed by atoms with Crippen molar-refractivity contribution in [2.75, 3.05) is 18.6 Å². The normalized spacial score (nSPS) is 17.2. The highest BCUT2D eigenvalue weighted by atomic mass is 32.2. The topological polar surface area (TPSA) is 46.6 Å². The van der Waals surface area contributed by atoms with Gasteiger partial charge < -0.3 is 9.64 Å². The number of hydrogen-bond acceptors (Lipinski definition) is 4. The molecule has 161 valence electrons. The highest BCUT2D eigenvalue weighted by Crippen LogP contribution is 2.39. The van der Waals surface area contributed by atoms with Gasteiger partial charge in [-0.25, -0.2) is 8.42 Å². The molecule has 1 saturated heterocycles. The molecule has 1 unspecified atom stereocenters. The van der Waals surface area contributed by atoms with Crippen molar-refractivity contribution in [3.05, 3.63) is 96.4 Å². The molecule has 0 spiro atoms. The van der Waals surface area contributed by atoms with Crippen molar-refractivity contribution in [2.45, 2.75) is 36.0 Å². The summed E-state index contributed by atoms with van der Waals surface area (Å²) in [5.41, 5.74) is 2.85. The maximum absolute atomic E-state index is 13.2. The van der Waals surface area contributed by atoms with E-state index in [2.05, 4.69) is 23.5 Å². The van der Waals surface area contributed by atoms with E-state index in [0.29, 0.717) is 4.90 Å². The van der Waals surface area contributed by atoms with Crippen molar-refractivity contribution < 1.29 is 13.2 Å². The van der Waals surface area contributed by atoms with Crippen molar-refractivity contribution in [3.8, 4) is 5.75 Å². The van der Waals surface area contributed by atoms with Gasteiger partial charge in [-0.2, -0.15) is 0 Å². The molecule has 0 N–H and O–H groups in total. The lowest BCUT2D eigenvalue weighted by atomic mass is 9.99. The molecule has 31 heavy (non-hydrogen) atoms. The predicted octanol–water partition coefficient (Wildman–Crippen LogP) is 5.60. The number of hydrogen-bond donors (Lipinski definition) is 0. The first kappa shape index (κ1) is 21.4. The van der Waals surface area contributed by atoms with Crippen molar-refractivity contribution in [1.82, 2.24) is 0 Å². The minimum Gasteiger partial charge on any atom is -0.496 e. The molecule has 3 aromatic carbocycles. The van der Waals surface area contributed by atoms with Crippen LogP contribution in [0.15, 0.2) is 83.8 Å². The third-order valence-corrected chi connectivity index (χ3v) is 7.49. The van der Waals surface area contributed by atoms with Crippen molar-refractivity contribution >= 4 is 15.5 Å². The van der Waals surface area contributed by atoms with E-state index in [1.807, 2.05) is 54.6 Å². The average Bonchev–Trinajstić information content (AvgIpc) is 3.06. The van der Waals surface area contributed by atoms with Gasteiger partial charge in [-0.3, -0.25) is 0 Å². The van der Waals surface area contributed by atoms with Crippen LogP contribution in [0.2, 0.25) is 0 Å². The van der Waals surface area contributed by atoms with E-state index in [1.165, 1.54) is 0 Å². The molecular formula is C26H28NO3S. The molecule has 0 amide bonds. The number of anilines is 1. The third-order valence-electron chi connectivity index (χ3n) is 5.80. The fourth-order valence-electron chi connectivity index (χ4n) is 4.26. The second kappa shape index (κ2) is 9.56. The fraction of sp³-hybridized carbons (Fsp3) is 0.269. The molecule has 0 aliphatic carbocycles. The Morgan fingerprint density at radius 3 is 2.35 bits per heavy atom. The molecular weight excluding hydrogens is 406 g/mol. The van der Waals surface area contributed by atoms with Gasteiger partial charge in [-0.1, -0.05) is 48.5 Å². The van der Waals surface area contributed by atoms with Gasteiger partial charge in [0, 0.05) is 17.8 Å². The summed E-state index contributed by atoms with van der Waals surface area (Å²) in [6.07, 6.45) is 5.21. The molecule has 1 heterocycles. The molecule has 5 heteroatoms. The van der Waals surface area contributed by atoms with E-state index >= 15 is 0 Å². The molecule has 0 saturated carbocycles. The van der Waals surface area contributed by atoms with Crippen LogP contribution in [0.1, 0.15) is 36.4 Å². The van der Waals surface area contributed by atoms with Gasteiger partial charge in [0.25, 0.3) is 0 Å². The SMILES string of the molecule is COc1ccc(S(=O)(=O)Cc2ccccc2)cc1C1CC[CH]CCN1c1ccccc1. The molecule has 4 rings (SSSR count). The van der Waals surface area contributed by atoms with Crippen molar-refractivity contribution in [1.29, 1.82) is 0 Å². The minimum atomic E-state index is -3.47. The van der Waals surface area contributed by atoms with Crippen LogP contribution in [0.5, 0.6) is 5.75 Å². The van der Waals surface area contributed by atoms with E-state index in [9.17, 15) is 8.42 Å². The van der Waals surface area contributed by atoms with Crippen LogP contribution in [-0.4, -0.2) is 22.1 Å². The summed E-state index contributed by atoms with van der Waals surface area (Å²) in [7, 11) is -1.83. The lowest BCUT2D eigenvalue weighted by Crippen LogP contribution is -2.28. The number of sulfone groups is 1. The maximum Gasteiger partial charge on any atom is 0.182 e. The number of methoxy groups -OCH3 is 1. The van der Waals surface area contributed by atoms with Gasteiger partial charge in [0.05, 0.1) is 23.8 Å². The van der Waals surface area contributed by atoms with Crippen molar-refractivity contribution in [2.24, 2.45) is 0 Å². The van der Waals surface area contributed by atoms with Crippen LogP contribution in [0.4, 0.5) is 5.69 Å². The molecule has 1 aliphatic rings. The second-order valence-corrected chi connectivity index (χ2v) is 9.84. The smallest absolute Gasteiger partial charge is 0.182 e. The van der Waals surface area contributed by atoms with Crippen LogP contribution in [0, 0.1) is 6.42 Å². The first-order chi connectivity index (χ1) is 15.1. The number of nitrogens with zero attached hydrogens (tertiary/aromatic N) is 1.